The Balaban J connectivity index is 2.99. The quantitative estimate of drug-likeness (QED) is 0.828. The van der Waals surface area contributed by atoms with E-state index in [1.807, 2.05) is 13.8 Å². The summed E-state index contributed by atoms with van der Waals surface area (Å²) in [7, 11) is 1.43. The molecule has 0 saturated carbocycles. The highest BCUT2D eigenvalue weighted by molar-refractivity contribution is 6.21. The number of hydrogen-bond acceptors (Lipinski definition) is 3. The van der Waals surface area contributed by atoms with Gasteiger partial charge < -0.3 is 15.2 Å². The smallest absolute Gasteiger partial charge is 0.255 e. The number of methoxy groups -OCH3 is 1. The molecule has 0 aliphatic carbocycles. The summed E-state index contributed by atoms with van der Waals surface area (Å²) in [6.45, 7) is 5.44. The van der Waals surface area contributed by atoms with Crippen LogP contribution in [0.2, 0.25) is 0 Å². The van der Waals surface area contributed by atoms with Gasteiger partial charge in [0.2, 0.25) is 0 Å². The first-order chi connectivity index (χ1) is 8.29. The number of carbonyl (C=O) groups is 1. The van der Waals surface area contributed by atoms with Crippen LogP contribution in [0.25, 0.3) is 0 Å². The van der Waals surface area contributed by atoms with Crippen LogP contribution in [0, 0.1) is 0 Å². The van der Waals surface area contributed by atoms with Gasteiger partial charge in [-0.05, 0) is 32.9 Å². The van der Waals surface area contributed by atoms with Crippen molar-refractivity contribution in [3.8, 4) is 11.5 Å². The van der Waals surface area contributed by atoms with E-state index >= 15 is 0 Å². The molecule has 2 N–H and O–H groups in total. The van der Waals surface area contributed by atoms with E-state index in [9.17, 15) is 9.90 Å². The van der Waals surface area contributed by atoms with Crippen molar-refractivity contribution >= 4 is 17.5 Å². The highest BCUT2D eigenvalue weighted by atomic mass is 35.5. The van der Waals surface area contributed by atoms with Crippen molar-refractivity contribution in [3.05, 3.63) is 23.8 Å². The zero-order valence-corrected chi connectivity index (χ0v) is 11.7. The number of benzene rings is 1. The average Bonchev–Trinajstić information content (AvgIpc) is 2.28. The van der Waals surface area contributed by atoms with Crippen molar-refractivity contribution in [3.63, 3.8) is 0 Å². The molecule has 0 aliphatic heterocycles. The molecule has 0 bridgehead atoms. The van der Waals surface area contributed by atoms with Crippen LogP contribution in [0.15, 0.2) is 18.2 Å². The number of halogens is 1. The Morgan fingerprint density at radius 1 is 1.50 bits per heavy atom. The minimum Gasteiger partial charge on any atom is -0.504 e. The van der Waals surface area contributed by atoms with E-state index in [-0.39, 0.29) is 28.3 Å². The molecular formula is C13H18ClNO3. The van der Waals surface area contributed by atoms with Gasteiger partial charge in [0.1, 0.15) is 0 Å². The fourth-order valence-corrected chi connectivity index (χ4v) is 1.38. The second-order valence-corrected chi connectivity index (χ2v) is 5.30. The number of rotatable bonds is 4. The Morgan fingerprint density at radius 2 is 2.11 bits per heavy atom. The van der Waals surface area contributed by atoms with E-state index in [0.717, 1.165) is 0 Å². The van der Waals surface area contributed by atoms with Crippen molar-refractivity contribution < 1.29 is 14.6 Å². The van der Waals surface area contributed by atoms with Crippen LogP contribution >= 0.6 is 11.6 Å². The molecule has 1 atom stereocenters. The van der Waals surface area contributed by atoms with Crippen molar-refractivity contribution in [2.75, 3.05) is 7.11 Å². The van der Waals surface area contributed by atoms with Gasteiger partial charge in [-0.3, -0.25) is 4.79 Å². The number of hydrogen-bond donors (Lipinski definition) is 2. The van der Waals surface area contributed by atoms with E-state index in [4.69, 9.17) is 16.3 Å². The number of phenols is 1. The number of ether oxygens (including phenoxy) is 1. The molecule has 0 aliphatic rings. The lowest BCUT2D eigenvalue weighted by atomic mass is 10.0. The third-order valence-electron chi connectivity index (χ3n) is 2.89. The Morgan fingerprint density at radius 3 is 2.61 bits per heavy atom. The van der Waals surface area contributed by atoms with Crippen LogP contribution in [0.1, 0.15) is 31.1 Å². The first kappa shape index (κ1) is 14.6. The first-order valence-electron chi connectivity index (χ1n) is 5.62. The summed E-state index contributed by atoms with van der Waals surface area (Å²) < 4.78 is 4.96. The largest absolute Gasteiger partial charge is 0.504 e. The number of nitrogens with one attached hydrogen (secondary N) is 1. The summed E-state index contributed by atoms with van der Waals surface area (Å²) in [6, 6.07) is 4.76. The van der Waals surface area contributed by atoms with Gasteiger partial charge in [0.15, 0.2) is 11.5 Å². The van der Waals surface area contributed by atoms with Crippen LogP contribution in [-0.4, -0.2) is 29.0 Å². The molecule has 0 heterocycles. The van der Waals surface area contributed by atoms with Crippen molar-refractivity contribution in [2.24, 2.45) is 0 Å². The zero-order valence-electron chi connectivity index (χ0n) is 11.0. The Kier molecular flexibility index (Phi) is 4.46. The molecule has 1 amide bonds. The van der Waals surface area contributed by atoms with Crippen LogP contribution < -0.4 is 10.1 Å². The van der Waals surface area contributed by atoms with Crippen molar-refractivity contribution in [1.82, 2.24) is 5.32 Å². The molecule has 18 heavy (non-hydrogen) atoms. The normalized spacial score (nSPS) is 12.9. The van der Waals surface area contributed by atoms with Gasteiger partial charge in [-0.25, -0.2) is 0 Å². The van der Waals surface area contributed by atoms with E-state index in [1.165, 1.54) is 13.2 Å². The molecule has 0 saturated heterocycles. The van der Waals surface area contributed by atoms with E-state index < -0.39 is 5.54 Å². The predicted octanol–water partition coefficient (Wildman–Crippen LogP) is 2.54. The number of alkyl halides is 1. The molecule has 1 aromatic rings. The number of para-hydroxylation sites is 1. The van der Waals surface area contributed by atoms with Crippen LogP contribution in [0.5, 0.6) is 11.5 Å². The second kappa shape index (κ2) is 5.48. The molecule has 0 fully saturated rings. The molecule has 5 heteroatoms. The van der Waals surface area contributed by atoms with Gasteiger partial charge in [-0.1, -0.05) is 6.07 Å². The fraction of sp³-hybridized carbons (Fsp3) is 0.462. The Labute approximate surface area is 112 Å². The molecule has 0 spiro atoms. The third-order valence-corrected chi connectivity index (χ3v) is 3.44. The molecule has 1 rings (SSSR count). The maximum Gasteiger partial charge on any atom is 0.255 e. The average molecular weight is 272 g/mol. The lowest BCUT2D eigenvalue weighted by molar-refractivity contribution is 0.0909. The van der Waals surface area contributed by atoms with Gasteiger partial charge in [-0.2, -0.15) is 0 Å². The number of phenolic OH excluding ortho intramolecular Hbond substituents is 1. The summed E-state index contributed by atoms with van der Waals surface area (Å²) in [6.07, 6.45) is 0. The first-order valence-corrected chi connectivity index (χ1v) is 6.05. The predicted molar refractivity (Wildman–Crippen MR) is 71.5 cm³/mol. The topological polar surface area (TPSA) is 58.6 Å². The van der Waals surface area contributed by atoms with Crippen LogP contribution in [0.3, 0.4) is 0 Å². The lowest BCUT2D eigenvalue weighted by Crippen LogP contribution is -2.49. The van der Waals surface area contributed by atoms with E-state index in [0.29, 0.717) is 0 Å². The number of amides is 1. The highest BCUT2D eigenvalue weighted by Crippen LogP contribution is 2.29. The van der Waals surface area contributed by atoms with Gasteiger partial charge >= 0.3 is 0 Å². The van der Waals surface area contributed by atoms with Crippen LogP contribution in [-0.2, 0) is 0 Å². The second-order valence-electron chi connectivity index (χ2n) is 4.65. The maximum absolute atomic E-state index is 12.1. The van der Waals surface area contributed by atoms with Crippen LogP contribution in [0.4, 0.5) is 0 Å². The van der Waals surface area contributed by atoms with Gasteiger partial charge in [0, 0.05) is 0 Å². The summed E-state index contributed by atoms with van der Waals surface area (Å²) in [5.74, 6) is -0.293. The lowest BCUT2D eigenvalue weighted by Gasteiger charge is -2.29. The van der Waals surface area contributed by atoms with Crippen molar-refractivity contribution in [2.45, 2.75) is 31.7 Å². The Bertz CT molecular complexity index is 444. The number of carbonyl (C=O) groups excluding carboxylic acids is 1. The third kappa shape index (κ3) is 3.07. The molecular weight excluding hydrogens is 254 g/mol. The van der Waals surface area contributed by atoms with E-state index in [1.54, 1.807) is 19.1 Å². The molecule has 0 radical (unpaired) electrons. The van der Waals surface area contributed by atoms with Gasteiger partial charge in [0.25, 0.3) is 5.91 Å². The SMILES string of the molecule is COc1cccc(C(=O)NC(C)(C)C(C)Cl)c1O. The molecule has 4 nitrogen and oxygen atoms in total. The minimum absolute atomic E-state index is 0.166. The highest BCUT2D eigenvalue weighted by Gasteiger charge is 2.27. The summed E-state index contributed by atoms with van der Waals surface area (Å²) in [5.41, 5.74) is -0.409. The standard InChI is InChI=1S/C13H18ClNO3/c1-8(14)13(2,3)15-12(17)9-6-5-7-10(18-4)11(9)16/h5-8,16H,1-4H3,(H,15,17). The summed E-state index contributed by atoms with van der Waals surface area (Å²) in [4.78, 5) is 12.1. The molecule has 100 valence electrons. The monoisotopic (exact) mass is 271 g/mol. The van der Waals surface area contributed by atoms with E-state index in [2.05, 4.69) is 5.32 Å². The summed E-state index contributed by atoms with van der Waals surface area (Å²) in [5, 5.41) is 12.4. The summed E-state index contributed by atoms with van der Waals surface area (Å²) >= 11 is 6.00. The molecule has 1 unspecified atom stereocenters. The molecule has 0 aromatic heterocycles. The maximum atomic E-state index is 12.1. The van der Waals surface area contributed by atoms with Crippen molar-refractivity contribution in [1.29, 1.82) is 0 Å². The Hall–Kier alpha value is -1.42. The minimum atomic E-state index is -0.575. The fourth-order valence-electron chi connectivity index (χ4n) is 1.33. The van der Waals surface area contributed by atoms with Gasteiger partial charge in [-0.15, -0.1) is 11.6 Å². The number of aromatic hydroxyl groups is 1. The zero-order chi connectivity index (χ0) is 13.9. The molecule has 1 aromatic carbocycles. The van der Waals surface area contributed by atoms with Gasteiger partial charge in [0.05, 0.1) is 23.6 Å².